The quantitative estimate of drug-likeness (QED) is 0.816. The summed E-state index contributed by atoms with van der Waals surface area (Å²) in [6, 6.07) is 0.394. The molecule has 0 aliphatic heterocycles. The standard InChI is InChI=1S/C11H17N3O/c1-4-14-6-5-12-9(10(14)15)13-8-7-11(8,2)3/h5-6,8H,4,7H2,1-3H3,(H,12,13). The summed E-state index contributed by atoms with van der Waals surface area (Å²) in [5, 5.41) is 3.20. The van der Waals surface area contributed by atoms with Crippen molar-refractivity contribution in [3.8, 4) is 0 Å². The summed E-state index contributed by atoms with van der Waals surface area (Å²) in [6.07, 6.45) is 4.49. The van der Waals surface area contributed by atoms with Crippen molar-refractivity contribution < 1.29 is 0 Å². The van der Waals surface area contributed by atoms with Crippen molar-refractivity contribution in [1.82, 2.24) is 9.55 Å². The molecule has 1 aromatic heterocycles. The number of nitrogens with one attached hydrogen (secondary N) is 1. The highest BCUT2D eigenvalue weighted by atomic mass is 16.1. The minimum Gasteiger partial charge on any atom is -0.362 e. The van der Waals surface area contributed by atoms with Crippen molar-refractivity contribution in [2.45, 2.75) is 39.8 Å². The fraction of sp³-hybridized carbons (Fsp3) is 0.636. The van der Waals surface area contributed by atoms with Crippen molar-refractivity contribution >= 4 is 5.82 Å². The van der Waals surface area contributed by atoms with Gasteiger partial charge in [-0.3, -0.25) is 4.79 Å². The molecule has 1 saturated carbocycles. The maximum Gasteiger partial charge on any atom is 0.293 e. The first-order valence-corrected chi connectivity index (χ1v) is 5.36. The summed E-state index contributed by atoms with van der Waals surface area (Å²) >= 11 is 0. The van der Waals surface area contributed by atoms with Crippen LogP contribution in [0.3, 0.4) is 0 Å². The van der Waals surface area contributed by atoms with Crippen LogP contribution in [0.25, 0.3) is 0 Å². The zero-order chi connectivity index (χ0) is 11.1. The lowest BCUT2D eigenvalue weighted by atomic mass is 10.2. The van der Waals surface area contributed by atoms with E-state index in [1.807, 2.05) is 6.92 Å². The van der Waals surface area contributed by atoms with Crippen LogP contribution in [-0.4, -0.2) is 15.6 Å². The molecule has 1 fully saturated rings. The summed E-state index contributed by atoms with van der Waals surface area (Å²) in [5.74, 6) is 0.481. The van der Waals surface area contributed by atoms with Gasteiger partial charge >= 0.3 is 0 Å². The van der Waals surface area contributed by atoms with Gasteiger partial charge in [-0.25, -0.2) is 4.98 Å². The average Bonchev–Trinajstić information content (AvgIpc) is 2.77. The molecule has 1 aromatic rings. The Morgan fingerprint density at radius 2 is 2.33 bits per heavy atom. The van der Waals surface area contributed by atoms with Gasteiger partial charge in [0.2, 0.25) is 0 Å². The molecule has 1 aliphatic rings. The Hall–Kier alpha value is -1.32. The van der Waals surface area contributed by atoms with Crippen molar-refractivity contribution in [2.24, 2.45) is 5.41 Å². The van der Waals surface area contributed by atoms with E-state index < -0.39 is 0 Å². The van der Waals surface area contributed by atoms with E-state index in [9.17, 15) is 4.79 Å². The average molecular weight is 207 g/mol. The van der Waals surface area contributed by atoms with Gasteiger partial charge in [0.15, 0.2) is 5.82 Å². The number of hydrogen-bond acceptors (Lipinski definition) is 3. The fourth-order valence-corrected chi connectivity index (χ4v) is 1.67. The second-order valence-corrected chi connectivity index (χ2v) is 4.76. The van der Waals surface area contributed by atoms with Crippen LogP contribution in [0.1, 0.15) is 27.2 Å². The van der Waals surface area contributed by atoms with E-state index in [4.69, 9.17) is 0 Å². The molecule has 0 saturated heterocycles. The smallest absolute Gasteiger partial charge is 0.293 e. The molecule has 1 atom stereocenters. The van der Waals surface area contributed by atoms with Crippen LogP contribution in [0.2, 0.25) is 0 Å². The van der Waals surface area contributed by atoms with Crippen molar-refractivity contribution in [3.05, 3.63) is 22.7 Å². The third-order valence-electron chi connectivity index (χ3n) is 3.08. The Morgan fingerprint density at radius 3 is 2.87 bits per heavy atom. The lowest BCUT2D eigenvalue weighted by molar-refractivity contribution is 0.628. The molecular weight excluding hydrogens is 190 g/mol. The molecule has 1 N–H and O–H groups in total. The Balaban J connectivity index is 2.19. The molecule has 0 amide bonds. The molecule has 1 unspecified atom stereocenters. The second kappa shape index (κ2) is 3.36. The first-order valence-electron chi connectivity index (χ1n) is 5.36. The summed E-state index contributed by atoms with van der Waals surface area (Å²) in [5.41, 5.74) is 0.281. The lowest BCUT2D eigenvalue weighted by Crippen LogP contribution is -2.25. The highest BCUT2D eigenvalue weighted by Gasteiger charge is 2.46. The van der Waals surface area contributed by atoms with E-state index in [0.717, 1.165) is 6.42 Å². The van der Waals surface area contributed by atoms with Crippen molar-refractivity contribution in [2.75, 3.05) is 5.32 Å². The molecule has 4 nitrogen and oxygen atoms in total. The van der Waals surface area contributed by atoms with Crippen LogP contribution in [0, 0.1) is 5.41 Å². The summed E-state index contributed by atoms with van der Waals surface area (Å²) in [6.45, 7) is 7.01. The number of aromatic nitrogens is 2. The SMILES string of the molecule is CCn1ccnc(NC2CC2(C)C)c1=O. The van der Waals surface area contributed by atoms with Crippen LogP contribution in [0.4, 0.5) is 5.82 Å². The molecule has 1 heterocycles. The zero-order valence-electron chi connectivity index (χ0n) is 9.45. The molecule has 0 bridgehead atoms. The van der Waals surface area contributed by atoms with Gasteiger partial charge in [0.25, 0.3) is 5.56 Å². The summed E-state index contributed by atoms with van der Waals surface area (Å²) < 4.78 is 1.66. The van der Waals surface area contributed by atoms with Gasteiger partial charge in [0.05, 0.1) is 0 Å². The van der Waals surface area contributed by atoms with Gasteiger partial charge < -0.3 is 9.88 Å². The van der Waals surface area contributed by atoms with E-state index in [2.05, 4.69) is 24.1 Å². The normalized spacial score (nSPS) is 22.5. The minimum atomic E-state index is -0.0253. The van der Waals surface area contributed by atoms with E-state index in [1.54, 1.807) is 17.0 Å². The summed E-state index contributed by atoms with van der Waals surface area (Å²) in [4.78, 5) is 15.9. The first kappa shape index (κ1) is 10.2. The minimum absolute atomic E-state index is 0.0253. The lowest BCUT2D eigenvalue weighted by Gasteiger charge is -2.08. The van der Waals surface area contributed by atoms with Crippen molar-refractivity contribution in [1.29, 1.82) is 0 Å². The highest BCUT2D eigenvalue weighted by molar-refractivity contribution is 5.36. The maximum absolute atomic E-state index is 11.8. The molecule has 82 valence electrons. The molecule has 0 radical (unpaired) electrons. The van der Waals surface area contributed by atoms with Crippen LogP contribution in [0.5, 0.6) is 0 Å². The van der Waals surface area contributed by atoms with E-state index in [-0.39, 0.29) is 5.56 Å². The maximum atomic E-state index is 11.8. The fourth-order valence-electron chi connectivity index (χ4n) is 1.67. The number of aryl methyl sites for hydroxylation is 1. The van der Waals surface area contributed by atoms with Crippen LogP contribution in [-0.2, 0) is 6.54 Å². The molecular formula is C11H17N3O. The monoisotopic (exact) mass is 207 g/mol. The number of hydrogen-bond donors (Lipinski definition) is 1. The molecule has 0 aromatic carbocycles. The van der Waals surface area contributed by atoms with Gasteiger partial charge in [-0.2, -0.15) is 0 Å². The van der Waals surface area contributed by atoms with E-state index in [0.29, 0.717) is 23.8 Å². The largest absolute Gasteiger partial charge is 0.362 e. The zero-order valence-corrected chi connectivity index (χ0v) is 9.45. The predicted molar refractivity (Wildman–Crippen MR) is 60.0 cm³/mol. The van der Waals surface area contributed by atoms with Crippen molar-refractivity contribution in [3.63, 3.8) is 0 Å². The molecule has 2 rings (SSSR count). The highest BCUT2D eigenvalue weighted by Crippen LogP contribution is 2.45. The van der Waals surface area contributed by atoms with Gasteiger partial charge in [-0.1, -0.05) is 13.8 Å². The first-order chi connectivity index (χ1) is 7.04. The van der Waals surface area contributed by atoms with E-state index >= 15 is 0 Å². The summed E-state index contributed by atoms with van der Waals surface area (Å²) in [7, 11) is 0. The number of anilines is 1. The third kappa shape index (κ3) is 1.89. The van der Waals surface area contributed by atoms with E-state index in [1.165, 1.54) is 0 Å². The Labute approximate surface area is 89.3 Å². The van der Waals surface area contributed by atoms with Gasteiger partial charge in [0, 0.05) is 25.0 Å². The van der Waals surface area contributed by atoms with Gasteiger partial charge in [0.1, 0.15) is 0 Å². The Bertz CT molecular complexity index is 422. The van der Waals surface area contributed by atoms with Crippen LogP contribution < -0.4 is 10.9 Å². The second-order valence-electron chi connectivity index (χ2n) is 4.76. The Morgan fingerprint density at radius 1 is 1.67 bits per heavy atom. The molecule has 4 heteroatoms. The number of nitrogens with zero attached hydrogens (tertiary/aromatic N) is 2. The predicted octanol–water partition coefficient (Wildman–Crippen LogP) is 1.47. The number of rotatable bonds is 3. The topological polar surface area (TPSA) is 46.9 Å². The molecule has 15 heavy (non-hydrogen) atoms. The van der Waals surface area contributed by atoms with Crippen LogP contribution in [0.15, 0.2) is 17.2 Å². The Kier molecular flexibility index (Phi) is 2.29. The third-order valence-corrected chi connectivity index (χ3v) is 3.08. The molecule has 1 aliphatic carbocycles. The van der Waals surface area contributed by atoms with Gasteiger partial charge in [-0.15, -0.1) is 0 Å². The van der Waals surface area contributed by atoms with Gasteiger partial charge in [-0.05, 0) is 18.8 Å². The molecule has 0 spiro atoms. The van der Waals surface area contributed by atoms with Crippen LogP contribution >= 0.6 is 0 Å².